The third-order valence-corrected chi connectivity index (χ3v) is 16.7. The van der Waals surface area contributed by atoms with Crippen LogP contribution < -0.4 is 20.2 Å². The number of aromatic nitrogens is 6. The molecule has 4 atom stereocenters. The van der Waals surface area contributed by atoms with Gasteiger partial charge in [-0.25, -0.2) is 42.1 Å². The first-order chi connectivity index (χ1) is 43.3. The summed E-state index contributed by atoms with van der Waals surface area (Å²) < 4.78 is 68.0. The summed E-state index contributed by atoms with van der Waals surface area (Å²) in [6.07, 6.45) is 25.5. The lowest BCUT2D eigenvalue weighted by molar-refractivity contribution is -0.163. The number of unbranched alkanes of at least 4 members (excludes halogenated alkanes) is 16. The molecule has 89 heavy (non-hydrogen) atoms. The van der Waals surface area contributed by atoms with Crippen molar-refractivity contribution in [2.24, 2.45) is 5.92 Å². The molecule has 19 nitrogen and oxygen atoms in total. The highest BCUT2D eigenvalue weighted by molar-refractivity contribution is 5.91. The zero-order valence-corrected chi connectivity index (χ0v) is 52.8. The van der Waals surface area contributed by atoms with Gasteiger partial charge in [-0.1, -0.05) is 130 Å². The summed E-state index contributed by atoms with van der Waals surface area (Å²) >= 11 is 0. The molecular formula is C68H94F2N8O11. The van der Waals surface area contributed by atoms with Crippen molar-refractivity contribution in [3.05, 3.63) is 126 Å². The molecule has 21 heteroatoms. The number of anilines is 2. The molecule has 3 aromatic carbocycles. The molecule has 0 unspecified atom stereocenters. The Balaban J connectivity index is 0.841. The van der Waals surface area contributed by atoms with Crippen molar-refractivity contribution in [2.75, 3.05) is 62.4 Å². The molecule has 2 fully saturated rings. The molecule has 0 aliphatic carbocycles. The van der Waals surface area contributed by atoms with E-state index in [1.807, 2.05) is 55.5 Å². The van der Waals surface area contributed by atoms with E-state index in [9.17, 15) is 28.4 Å². The van der Waals surface area contributed by atoms with Gasteiger partial charge in [-0.15, -0.1) is 0 Å². The van der Waals surface area contributed by atoms with Crippen LogP contribution in [-0.4, -0.2) is 118 Å². The van der Waals surface area contributed by atoms with Crippen molar-refractivity contribution in [2.45, 2.75) is 199 Å². The quantitative estimate of drug-likeness (QED) is 0.0155. The van der Waals surface area contributed by atoms with Gasteiger partial charge in [0.15, 0.2) is 6.10 Å². The van der Waals surface area contributed by atoms with Crippen LogP contribution in [0.15, 0.2) is 103 Å². The average Bonchev–Trinajstić information content (AvgIpc) is 1.80. The number of hydrogen-bond donors (Lipinski definition) is 0. The van der Waals surface area contributed by atoms with Crippen LogP contribution in [0.4, 0.5) is 20.2 Å². The van der Waals surface area contributed by atoms with Crippen LogP contribution in [0.2, 0.25) is 0 Å². The van der Waals surface area contributed by atoms with Gasteiger partial charge in [0, 0.05) is 80.1 Å². The molecule has 0 saturated carbocycles. The maximum absolute atomic E-state index is 15.1. The zero-order chi connectivity index (χ0) is 63.2. The Labute approximate surface area is 523 Å². The molecule has 0 spiro atoms. The minimum atomic E-state index is -1.10. The summed E-state index contributed by atoms with van der Waals surface area (Å²) in [6, 6.07) is 18.6. The molecule has 0 radical (unpaired) electrons. The Morgan fingerprint density at radius 1 is 0.663 bits per heavy atom. The molecule has 2 saturated heterocycles. The Bertz CT molecular complexity index is 2970. The van der Waals surface area contributed by atoms with Crippen LogP contribution >= 0.6 is 0 Å². The van der Waals surface area contributed by atoms with Gasteiger partial charge < -0.3 is 38.2 Å². The van der Waals surface area contributed by atoms with Gasteiger partial charge >= 0.3 is 29.6 Å². The van der Waals surface area contributed by atoms with E-state index in [1.165, 1.54) is 98.2 Å². The standard InChI is InChI=1S/C68H94F2N8O11/c1-5-8-10-12-14-16-18-20-22-24-63(79)85-46-59(47-86-64(80)25-23-21-19-17-15-13-11-9-6-2)89-66(82)37-36-65(81)88-52(4)62(7-3)78-67(83)77(51-73-78)57-29-27-55(28-30-57)74-38-40-75(41-39-74)56-31-33-58(34-32-56)84-44-53-43-68(87-45-53,48-76-50-71-49-72-76)60-35-26-54(69)42-61(60)70/h26-37,42,49-53,59,62H,5-25,38-41,43-48H2,1-4H3/b37-36+/t52-,53+,62-,68-/m0/s1. The summed E-state index contributed by atoms with van der Waals surface area (Å²) in [6.45, 7) is 11.3. The topological polar surface area (TPSA) is 201 Å². The van der Waals surface area contributed by atoms with Gasteiger partial charge in [0.05, 0.1) is 31.5 Å². The molecule has 486 valence electrons. The third kappa shape index (κ3) is 22.2. The first-order valence-corrected chi connectivity index (χ1v) is 32.6. The lowest BCUT2D eigenvalue weighted by Gasteiger charge is -2.37. The molecule has 0 bridgehead atoms. The van der Waals surface area contributed by atoms with Gasteiger partial charge in [-0.2, -0.15) is 10.2 Å². The van der Waals surface area contributed by atoms with E-state index in [1.54, 1.807) is 17.9 Å². The van der Waals surface area contributed by atoms with Crippen molar-refractivity contribution in [3.8, 4) is 11.4 Å². The minimum Gasteiger partial charge on any atom is -0.493 e. The SMILES string of the molecule is CCCCCCCCCCCC(=O)OCC(COC(=O)CCCCCCCCCCC)OC(=O)/C=C/C(=O)O[C@@H](C)[C@H](CC)n1ncn(-c2ccc(N3CCN(c4ccc(OC[C@@H]5CO[C@@](Cn6cncn6)(c6ccc(F)cc6F)C5)cc4)CC3)cc2)c1=O. The number of piperazine rings is 1. The van der Waals surface area contributed by atoms with Gasteiger partial charge in [0.25, 0.3) is 0 Å². The number of hydrogen-bond acceptors (Lipinski definition) is 16. The summed E-state index contributed by atoms with van der Waals surface area (Å²) in [4.78, 5) is 74.0. The second-order valence-corrected chi connectivity index (χ2v) is 23.6. The van der Waals surface area contributed by atoms with E-state index in [4.69, 9.17) is 28.4 Å². The van der Waals surface area contributed by atoms with Crippen molar-refractivity contribution < 1.29 is 56.4 Å². The Kier molecular flexibility index (Phi) is 28.6. The fourth-order valence-electron chi connectivity index (χ4n) is 11.7. The van der Waals surface area contributed by atoms with Crippen LogP contribution in [0.25, 0.3) is 5.69 Å². The van der Waals surface area contributed by atoms with Gasteiger partial charge in [-0.05, 0) is 87.2 Å². The molecule has 4 heterocycles. The third-order valence-electron chi connectivity index (χ3n) is 16.7. The minimum absolute atomic E-state index is 0.0540. The normalized spacial score (nSPS) is 16.6. The second kappa shape index (κ2) is 36.9. The molecule has 2 aliphatic rings. The molecular weight excluding hydrogens is 1140 g/mol. The van der Waals surface area contributed by atoms with Gasteiger partial charge in [-0.3, -0.25) is 9.59 Å². The summed E-state index contributed by atoms with van der Waals surface area (Å²) in [5, 5.41) is 8.61. The highest BCUT2D eigenvalue weighted by atomic mass is 19.1. The van der Waals surface area contributed by atoms with Gasteiger partial charge in [0.2, 0.25) is 0 Å². The Morgan fingerprint density at radius 2 is 1.19 bits per heavy atom. The second-order valence-electron chi connectivity index (χ2n) is 23.6. The molecule has 7 rings (SSSR count). The largest absolute Gasteiger partial charge is 0.493 e. The van der Waals surface area contributed by atoms with Crippen LogP contribution in [0.1, 0.15) is 181 Å². The highest BCUT2D eigenvalue weighted by Crippen LogP contribution is 2.42. The number of nitrogens with zero attached hydrogens (tertiary/aromatic N) is 8. The number of rotatable bonds is 40. The highest BCUT2D eigenvalue weighted by Gasteiger charge is 2.45. The first-order valence-electron chi connectivity index (χ1n) is 32.6. The lowest BCUT2D eigenvalue weighted by atomic mass is 9.87. The van der Waals surface area contributed by atoms with Crippen molar-refractivity contribution in [3.63, 3.8) is 0 Å². The van der Waals surface area contributed by atoms with E-state index in [2.05, 4.69) is 38.8 Å². The Hall–Kier alpha value is -7.42. The monoisotopic (exact) mass is 1240 g/mol. The predicted octanol–water partition coefficient (Wildman–Crippen LogP) is 12.5. The predicted molar refractivity (Wildman–Crippen MR) is 336 cm³/mol. The number of esters is 4. The molecule has 0 N–H and O–H groups in total. The molecule has 2 aromatic heterocycles. The van der Waals surface area contributed by atoms with E-state index < -0.39 is 65.1 Å². The maximum Gasteiger partial charge on any atom is 0.350 e. The number of carbonyl (C=O) groups excluding carboxylic acids is 4. The molecule has 5 aromatic rings. The van der Waals surface area contributed by atoms with E-state index in [0.717, 1.165) is 94.3 Å². The van der Waals surface area contributed by atoms with Crippen LogP contribution in [-0.2, 0) is 55.0 Å². The smallest absolute Gasteiger partial charge is 0.350 e. The lowest BCUT2D eigenvalue weighted by Crippen LogP contribution is -2.46. The van der Waals surface area contributed by atoms with Crippen LogP contribution in [0.3, 0.4) is 0 Å². The van der Waals surface area contributed by atoms with Crippen molar-refractivity contribution in [1.29, 1.82) is 0 Å². The van der Waals surface area contributed by atoms with Gasteiger partial charge in [0.1, 0.15) is 61.3 Å². The van der Waals surface area contributed by atoms with Crippen molar-refractivity contribution >= 4 is 35.3 Å². The van der Waals surface area contributed by atoms with Crippen molar-refractivity contribution in [1.82, 2.24) is 29.1 Å². The number of ether oxygens (including phenoxy) is 6. The number of benzene rings is 3. The summed E-state index contributed by atoms with van der Waals surface area (Å²) in [5.74, 6) is -3.31. The van der Waals surface area contributed by atoms with E-state index in [-0.39, 0.29) is 44.1 Å². The molecule has 0 amide bonds. The summed E-state index contributed by atoms with van der Waals surface area (Å²) in [5.41, 5.74) is 1.48. The fourth-order valence-corrected chi connectivity index (χ4v) is 11.7. The molecule has 2 aliphatic heterocycles. The van der Waals surface area contributed by atoms with Crippen LogP contribution in [0.5, 0.6) is 5.75 Å². The number of carbonyl (C=O) groups is 4. The first kappa shape index (κ1) is 69.1. The van der Waals surface area contributed by atoms with Crippen LogP contribution in [0, 0.1) is 17.6 Å². The Morgan fingerprint density at radius 3 is 1.72 bits per heavy atom. The zero-order valence-electron chi connectivity index (χ0n) is 52.8. The number of halogens is 2. The maximum atomic E-state index is 15.1. The summed E-state index contributed by atoms with van der Waals surface area (Å²) in [7, 11) is 0. The fraction of sp³-hybridized carbons (Fsp3) is 0.588. The van der Waals surface area contributed by atoms with E-state index >= 15 is 4.39 Å². The average molecular weight is 1240 g/mol. The van der Waals surface area contributed by atoms with E-state index in [0.29, 0.717) is 50.3 Å².